The van der Waals surface area contributed by atoms with Gasteiger partial charge in [-0.1, -0.05) is 13.8 Å². The monoisotopic (exact) mass is 365 g/mol. The number of carbonyl (C=O) groups excluding carboxylic acids is 1. The van der Waals surface area contributed by atoms with E-state index < -0.39 is 18.2 Å². The lowest BCUT2D eigenvalue weighted by Gasteiger charge is -2.34. The summed E-state index contributed by atoms with van der Waals surface area (Å²) in [7, 11) is 1.33. The predicted molar refractivity (Wildman–Crippen MR) is 96.0 cm³/mol. The van der Waals surface area contributed by atoms with E-state index in [9.17, 15) is 14.0 Å². The smallest absolute Gasteiger partial charge is 0.330 e. The molecule has 2 heterocycles. The average Bonchev–Trinajstić information content (AvgIpc) is 3.40. The first kappa shape index (κ1) is 19.0. The maximum absolute atomic E-state index is 13.0. The maximum atomic E-state index is 13.0. The molecule has 2 fully saturated rings. The number of ether oxygens (including phenoxy) is 1. The van der Waals surface area contributed by atoms with Crippen LogP contribution < -0.4 is 5.56 Å². The van der Waals surface area contributed by atoms with Gasteiger partial charge in [0.1, 0.15) is 6.17 Å². The molecule has 0 spiro atoms. The fraction of sp³-hybridized carbons (Fsp3) is 0.737. The molecule has 1 saturated carbocycles. The minimum atomic E-state index is -0.727. The summed E-state index contributed by atoms with van der Waals surface area (Å²) in [6, 6.07) is 0.934. The van der Waals surface area contributed by atoms with Gasteiger partial charge in [-0.3, -0.25) is 9.69 Å². The molecule has 1 aliphatic carbocycles. The largest absolute Gasteiger partial charge is 0.467 e. The van der Waals surface area contributed by atoms with Crippen LogP contribution in [0.15, 0.2) is 10.9 Å². The van der Waals surface area contributed by atoms with Crippen molar-refractivity contribution in [1.82, 2.24) is 14.7 Å². The van der Waals surface area contributed by atoms with Crippen LogP contribution >= 0.6 is 0 Å². The summed E-state index contributed by atoms with van der Waals surface area (Å²) in [5, 5.41) is 4.59. The summed E-state index contributed by atoms with van der Waals surface area (Å²) in [5.74, 6) is 0.176. The highest BCUT2D eigenvalue weighted by Gasteiger charge is 2.32. The number of rotatable bonds is 8. The summed E-state index contributed by atoms with van der Waals surface area (Å²) in [6.07, 6.45) is 2.57. The molecule has 0 amide bonds. The molecule has 26 heavy (non-hydrogen) atoms. The van der Waals surface area contributed by atoms with Crippen LogP contribution in [0.4, 0.5) is 4.39 Å². The molecular weight excluding hydrogens is 337 g/mol. The minimum Gasteiger partial charge on any atom is -0.467 e. The van der Waals surface area contributed by atoms with E-state index in [4.69, 9.17) is 4.74 Å². The third-order valence-corrected chi connectivity index (χ3v) is 5.12. The van der Waals surface area contributed by atoms with Crippen LogP contribution in [-0.2, 0) is 16.0 Å². The molecule has 0 N–H and O–H groups in total. The fourth-order valence-electron chi connectivity index (χ4n) is 3.52. The number of hydrogen-bond acceptors (Lipinski definition) is 5. The van der Waals surface area contributed by atoms with Crippen molar-refractivity contribution in [1.29, 1.82) is 0 Å². The van der Waals surface area contributed by atoms with E-state index in [0.29, 0.717) is 31.8 Å². The van der Waals surface area contributed by atoms with Gasteiger partial charge >= 0.3 is 5.97 Å². The van der Waals surface area contributed by atoms with E-state index in [-0.39, 0.29) is 11.5 Å². The number of carbonyl (C=O) groups is 1. The molecule has 7 heteroatoms. The van der Waals surface area contributed by atoms with Gasteiger partial charge in [0.15, 0.2) is 6.04 Å². The van der Waals surface area contributed by atoms with Gasteiger partial charge in [-0.05, 0) is 36.7 Å². The highest BCUT2D eigenvalue weighted by atomic mass is 19.1. The third kappa shape index (κ3) is 4.31. The first-order valence-corrected chi connectivity index (χ1v) is 9.46. The highest BCUT2D eigenvalue weighted by molar-refractivity contribution is 5.73. The molecule has 1 atom stereocenters. The maximum Gasteiger partial charge on any atom is 0.330 e. The van der Waals surface area contributed by atoms with Gasteiger partial charge in [-0.2, -0.15) is 5.10 Å². The van der Waals surface area contributed by atoms with Crippen LogP contribution in [0.1, 0.15) is 56.3 Å². The zero-order chi connectivity index (χ0) is 18.8. The molecule has 1 saturated heterocycles. The lowest BCUT2D eigenvalue weighted by molar-refractivity contribution is -0.145. The van der Waals surface area contributed by atoms with Crippen LogP contribution in [0.3, 0.4) is 0 Å². The Morgan fingerprint density at radius 3 is 2.62 bits per heavy atom. The fourth-order valence-corrected chi connectivity index (χ4v) is 3.52. The van der Waals surface area contributed by atoms with Gasteiger partial charge in [-0.15, -0.1) is 0 Å². The van der Waals surface area contributed by atoms with Gasteiger partial charge in [0.05, 0.1) is 12.8 Å². The first-order valence-electron chi connectivity index (χ1n) is 9.46. The molecule has 6 nitrogen and oxygen atoms in total. The molecule has 0 unspecified atom stereocenters. The lowest BCUT2D eigenvalue weighted by atomic mass is 10.0. The standard InChI is InChI=1S/C19H28FN3O3/c1-12(2)8-17(19(25)26-3)23-18(24)9-15(13-4-5-13)16(21-23)6-7-22-10-14(20)11-22/h9,12-14,17H,4-8,10-11H2,1-3H3/t17-/m0/s1. The summed E-state index contributed by atoms with van der Waals surface area (Å²) < 4.78 is 19.2. The Labute approximate surface area is 153 Å². The number of halogens is 1. The van der Waals surface area contributed by atoms with E-state index in [0.717, 1.165) is 30.6 Å². The zero-order valence-electron chi connectivity index (χ0n) is 15.8. The van der Waals surface area contributed by atoms with Crippen LogP contribution in [0.5, 0.6) is 0 Å². The van der Waals surface area contributed by atoms with E-state index in [1.165, 1.54) is 11.8 Å². The summed E-state index contributed by atoms with van der Waals surface area (Å²) in [6.45, 7) is 5.65. The SMILES string of the molecule is COC(=O)[C@H](CC(C)C)n1nc(CCN2CC(F)C2)c(C2CC2)cc1=O. The lowest BCUT2D eigenvalue weighted by Crippen LogP contribution is -2.49. The Bertz CT molecular complexity index is 708. The molecule has 3 rings (SSSR count). The van der Waals surface area contributed by atoms with E-state index >= 15 is 0 Å². The molecule has 1 aromatic rings. The van der Waals surface area contributed by atoms with Crippen LogP contribution in [0, 0.1) is 5.92 Å². The predicted octanol–water partition coefficient (Wildman–Crippen LogP) is 2.08. The highest BCUT2D eigenvalue weighted by Crippen LogP contribution is 2.41. The van der Waals surface area contributed by atoms with Crippen molar-refractivity contribution in [2.45, 2.75) is 57.7 Å². The van der Waals surface area contributed by atoms with Gasteiger partial charge in [-0.25, -0.2) is 13.9 Å². The van der Waals surface area contributed by atoms with Crippen molar-refractivity contribution < 1.29 is 13.9 Å². The van der Waals surface area contributed by atoms with E-state index in [2.05, 4.69) is 5.10 Å². The summed E-state index contributed by atoms with van der Waals surface area (Å²) in [4.78, 5) is 26.9. The number of nitrogens with zero attached hydrogens (tertiary/aromatic N) is 3. The summed E-state index contributed by atoms with van der Waals surface area (Å²) in [5.41, 5.74) is 1.60. The van der Waals surface area contributed by atoms with Crippen LogP contribution in [0.2, 0.25) is 0 Å². The molecular formula is C19H28FN3O3. The molecule has 0 bridgehead atoms. The Morgan fingerprint density at radius 1 is 1.38 bits per heavy atom. The quantitative estimate of drug-likeness (QED) is 0.660. The number of methoxy groups -OCH3 is 1. The first-order chi connectivity index (χ1) is 12.4. The Kier molecular flexibility index (Phi) is 5.75. The zero-order valence-corrected chi connectivity index (χ0v) is 15.8. The number of likely N-dealkylation sites (tertiary alicyclic amines) is 1. The average molecular weight is 365 g/mol. The molecule has 0 aromatic carbocycles. The number of alkyl halides is 1. The Balaban J connectivity index is 1.87. The van der Waals surface area contributed by atoms with Crippen molar-refractivity contribution in [2.24, 2.45) is 5.92 Å². The van der Waals surface area contributed by atoms with Crippen molar-refractivity contribution >= 4 is 5.97 Å². The van der Waals surface area contributed by atoms with E-state index in [1.807, 2.05) is 18.7 Å². The number of esters is 1. The van der Waals surface area contributed by atoms with Gasteiger partial charge in [0.25, 0.3) is 5.56 Å². The second-order valence-electron chi connectivity index (χ2n) is 7.88. The molecule has 0 radical (unpaired) electrons. The Morgan fingerprint density at radius 2 is 2.08 bits per heavy atom. The van der Waals surface area contributed by atoms with Crippen molar-refractivity contribution in [3.8, 4) is 0 Å². The summed E-state index contributed by atoms with van der Waals surface area (Å²) >= 11 is 0. The van der Waals surface area contributed by atoms with Gasteiger partial charge in [0, 0.05) is 32.1 Å². The normalized spacial score (nSPS) is 19.4. The molecule has 1 aliphatic heterocycles. The van der Waals surface area contributed by atoms with Crippen LogP contribution in [0.25, 0.3) is 0 Å². The van der Waals surface area contributed by atoms with Crippen molar-refractivity contribution in [3.05, 3.63) is 27.7 Å². The number of aromatic nitrogens is 2. The second-order valence-corrected chi connectivity index (χ2v) is 7.88. The van der Waals surface area contributed by atoms with E-state index in [1.54, 1.807) is 6.07 Å². The van der Waals surface area contributed by atoms with Crippen molar-refractivity contribution in [2.75, 3.05) is 26.7 Å². The molecule has 2 aliphatic rings. The molecule has 144 valence electrons. The second kappa shape index (κ2) is 7.86. The number of hydrogen-bond donors (Lipinski definition) is 0. The van der Waals surface area contributed by atoms with Gasteiger partial charge in [0.2, 0.25) is 0 Å². The third-order valence-electron chi connectivity index (χ3n) is 5.12. The van der Waals surface area contributed by atoms with Crippen LogP contribution in [-0.4, -0.2) is 53.6 Å². The minimum absolute atomic E-state index is 0.224. The van der Waals surface area contributed by atoms with Crippen molar-refractivity contribution in [3.63, 3.8) is 0 Å². The topological polar surface area (TPSA) is 64.4 Å². The van der Waals surface area contributed by atoms with Gasteiger partial charge < -0.3 is 4.74 Å². The molecule has 1 aromatic heterocycles. The Hall–Kier alpha value is -1.76.